The quantitative estimate of drug-likeness (QED) is 0.713. The SMILES string of the molecule is Nc1ccccc1NC(=O)c1ccc(N2Cc3ccccc3C2)cc1. The van der Waals surface area contributed by atoms with Crippen molar-refractivity contribution in [1.29, 1.82) is 0 Å². The highest BCUT2D eigenvalue weighted by Gasteiger charge is 2.18. The molecule has 1 amide bonds. The number of nitrogens with two attached hydrogens (primary N) is 1. The van der Waals surface area contributed by atoms with Gasteiger partial charge >= 0.3 is 0 Å². The Morgan fingerprint density at radius 1 is 0.840 bits per heavy atom. The molecule has 4 heteroatoms. The van der Waals surface area contributed by atoms with E-state index in [9.17, 15) is 4.79 Å². The highest BCUT2D eigenvalue weighted by atomic mass is 16.1. The molecule has 3 N–H and O–H groups in total. The lowest BCUT2D eigenvalue weighted by molar-refractivity contribution is 0.102. The molecule has 1 heterocycles. The maximum atomic E-state index is 12.4. The highest BCUT2D eigenvalue weighted by Crippen LogP contribution is 2.28. The van der Waals surface area contributed by atoms with E-state index >= 15 is 0 Å². The van der Waals surface area contributed by atoms with Gasteiger partial charge in [0.15, 0.2) is 0 Å². The third kappa shape index (κ3) is 3.06. The third-order valence-corrected chi connectivity index (χ3v) is 4.54. The van der Waals surface area contributed by atoms with Crippen molar-refractivity contribution in [2.75, 3.05) is 16.0 Å². The summed E-state index contributed by atoms with van der Waals surface area (Å²) in [5, 5.41) is 2.85. The second-order valence-electron chi connectivity index (χ2n) is 6.21. The average Bonchev–Trinajstić information content (AvgIpc) is 3.08. The summed E-state index contributed by atoms with van der Waals surface area (Å²) in [6.45, 7) is 1.81. The second-order valence-corrected chi connectivity index (χ2v) is 6.21. The number of hydrogen-bond acceptors (Lipinski definition) is 3. The minimum absolute atomic E-state index is 0.158. The molecule has 0 atom stereocenters. The van der Waals surface area contributed by atoms with Gasteiger partial charge < -0.3 is 16.0 Å². The van der Waals surface area contributed by atoms with Gasteiger partial charge in [0, 0.05) is 24.3 Å². The second kappa shape index (κ2) is 6.32. The number of benzene rings is 3. The molecule has 0 bridgehead atoms. The molecule has 3 aromatic carbocycles. The Labute approximate surface area is 146 Å². The lowest BCUT2D eigenvalue weighted by Gasteiger charge is -2.18. The molecule has 0 aromatic heterocycles. The molecule has 4 nitrogen and oxygen atoms in total. The van der Waals surface area contributed by atoms with Crippen LogP contribution in [0.2, 0.25) is 0 Å². The number of anilines is 3. The summed E-state index contributed by atoms with van der Waals surface area (Å²) in [5.41, 5.74) is 11.5. The Balaban J connectivity index is 1.47. The molecule has 0 saturated heterocycles. The van der Waals surface area contributed by atoms with Gasteiger partial charge in [0.2, 0.25) is 0 Å². The summed E-state index contributed by atoms with van der Waals surface area (Å²) < 4.78 is 0. The number of para-hydroxylation sites is 2. The van der Waals surface area contributed by atoms with E-state index < -0.39 is 0 Å². The van der Waals surface area contributed by atoms with Crippen molar-refractivity contribution < 1.29 is 4.79 Å². The number of fused-ring (bicyclic) bond motifs is 1. The van der Waals surface area contributed by atoms with Crippen molar-refractivity contribution in [2.45, 2.75) is 13.1 Å². The monoisotopic (exact) mass is 329 g/mol. The van der Waals surface area contributed by atoms with Crippen LogP contribution in [-0.4, -0.2) is 5.91 Å². The lowest BCUT2D eigenvalue weighted by atomic mass is 10.1. The van der Waals surface area contributed by atoms with Crippen molar-refractivity contribution in [1.82, 2.24) is 0 Å². The molecule has 0 radical (unpaired) electrons. The zero-order valence-electron chi connectivity index (χ0n) is 13.8. The van der Waals surface area contributed by atoms with Gasteiger partial charge in [-0.15, -0.1) is 0 Å². The Kier molecular flexibility index (Phi) is 3.86. The smallest absolute Gasteiger partial charge is 0.255 e. The molecule has 0 fully saturated rings. The molecule has 25 heavy (non-hydrogen) atoms. The van der Waals surface area contributed by atoms with Gasteiger partial charge in [-0.25, -0.2) is 0 Å². The van der Waals surface area contributed by atoms with Gasteiger partial charge in [-0.2, -0.15) is 0 Å². The largest absolute Gasteiger partial charge is 0.397 e. The third-order valence-electron chi connectivity index (χ3n) is 4.54. The minimum Gasteiger partial charge on any atom is -0.397 e. The van der Waals surface area contributed by atoms with Crippen molar-refractivity contribution in [3.05, 3.63) is 89.5 Å². The molecular weight excluding hydrogens is 310 g/mol. The first-order valence-corrected chi connectivity index (χ1v) is 8.28. The predicted molar refractivity (Wildman–Crippen MR) is 102 cm³/mol. The fourth-order valence-electron chi connectivity index (χ4n) is 3.14. The van der Waals surface area contributed by atoms with E-state index in [-0.39, 0.29) is 5.91 Å². The molecule has 0 aliphatic carbocycles. The molecule has 4 rings (SSSR count). The van der Waals surface area contributed by atoms with Crippen LogP contribution >= 0.6 is 0 Å². The molecule has 1 aliphatic heterocycles. The minimum atomic E-state index is -0.158. The Morgan fingerprint density at radius 2 is 1.44 bits per heavy atom. The number of rotatable bonds is 3. The van der Waals surface area contributed by atoms with Crippen LogP contribution in [0.4, 0.5) is 17.1 Å². The Morgan fingerprint density at radius 3 is 2.08 bits per heavy atom. The number of amides is 1. The van der Waals surface area contributed by atoms with E-state index in [1.165, 1.54) is 11.1 Å². The van der Waals surface area contributed by atoms with Gasteiger partial charge in [-0.05, 0) is 47.5 Å². The van der Waals surface area contributed by atoms with Crippen LogP contribution in [-0.2, 0) is 13.1 Å². The topological polar surface area (TPSA) is 58.4 Å². The Bertz CT molecular complexity index is 893. The van der Waals surface area contributed by atoms with Crippen LogP contribution in [0.1, 0.15) is 21.5 Å². The standard InChI is InChI=1S/C21H19N3O/c22-19-7-3-4-8-20(19)23-21(25)15-9-11-18(12-10-15)24-13-16-5-1-2-6-17(16)14-24/h1-12H,13-14,22H2,(H,23,25). The van der Waals surface area contributed by atoms with Crippen molar-refractivity contribution in [2.24, 2.45) is 0 Å². The average molecular weight is 329 g/mol. The molecule has 0 saturated carbocycles. The van der Waals surface area contributed by atoms with Crippen LogP contribution in [0.5, 0.6) is 0 Å². The molecule has 0 spiro atoms. The molecule has 0 unspecified atom stereocenters. The van der Waals surface area contributed by atoms with E-state index in [0.29, 0.717) is 16.9 Å². The fourth-order valence-corrected chi connectivity index (χ4v) is 3.14. The first-order chi connectivity index (χ1) is 12.2. The van der Waals surface area contributed by atoms with Crippen LogP contribution in [0.25, 0.3) is 0 Å². The maximum absolute atomic E-state index is 12.4. The van der Waals surface area contributed by atoms with Gasteiger partial charge in [0.25, 0.3) is 5.91 Å². The summed E-state index contributed by atoms with van der Waals surface area (Å²) >= 11 is 0. The van der Waals surface area contributed by atoms with E-state index in [2.05, 4.69) is 34.5 Å². The van der Waals surface area contributed by atoms with E-state index in [1.807, 2.05) is 36.4 Å². The zero-order valence-corrected chi connectivity index (χ0v) is 13.8. The molecular formula is C21H19N3O. The number of nitrogens with zero attached hydrogens (tertiary/aromatic N) is 1. The molecule has 1 aliphatic rings. The van der Waals surface area contributed by atoms with Crippen LogP contribution in [0.15, 0.2) is 72.8 Å². The zero-order chi connectivity index (χ0) is 17.2. The number of carbonyl (C=O) groups is 1. The summed E-state index contributed by atoms with van der Waals surface area (Å²) in [7, 11) is 0. The summed E-state index contributed by atoms with van der Waals surface area (Å²) in [4.78, 5) is 14.7. The lowest BCUT2D eigenvalue weighted by Crippen LogP contribution is -2.16. The number of hydrogen-bond donors (Lipinski definition) is 2. The maximum Gasteiger partial charge on any atom is 0.255 e. The summed E-state index contributed by atoms with van der Waals surface area (Å²) in [5.74, 6) is -0.158. The number of carbonyl (C=O) groups excluding carboxylic acids is 1. The van der Waals surface area contributed by atoms with E-state index in [0.717, 1.165) is 18.8 Å². The van der Waals surface area contributed by atoms with Crippen molar-refractivity contribution in [3.8, 4) is 0 Å². The first kappa shape index (κ1) is 15.3. The van der Waals surface area contributed by atoms with E-state index in [4.69, 9.17) is 5.73 Å². The highest BCUT2D eigenvalue weighted by molar-refractivity contribution is 6.05. The van der Waals surface area contributed by atoms with Gasteiger partial charge in [-0.1, -0.05) is 36.4 Å². The number of nitrogen functional groups attached to an aromatic ring is 1. The summed E-state index contributed by atoms with van der Waals surface area (Å²) in [6, 6.07) is 23.4. The van der Waals surface area contributed by atoms with Crippen LogP contribution in [0, 0.1) is 0 Å². The van der Waals surface area contributed by atoms with Crippen LogP contribution in [0.3, 0.4) is 0 Å². The molecule has 3 aromatic rings. The van der Waals surface area contributed by atoms with Crippen molar-refractivity contribution >= 4 is 23.0 Å². The van der Waals surface area contributed by atoms with Crippen molar-refractivity contribution in [3.63, 3.8) is 0 Å². The Hall–Kier alpha value is -3.27. The predicted octanol–water partition coefficient (Wildman–Crippen LogP) is 4.04. The van der Waals surface area contributed by atoms with Gasteiger partial charge in [0.1, 0.15) is 0 Å². The van der Waals surface area contributed by atoms with Gasteiger partial charge in [-0.3, -0.25) is 4.79 Å². The van der Waals surface area contributed by atoms with Gasteiger partial charge in [0.05, 0.1) is 11.4 Å². The number of nitrogens with one attached hydrogen (secondary N) is 1. The summed E-state index contributed by atoms with van der Waals surface area (Å²) in [6.07, 6.45) is 0. The first-order valence-electron chi connectivity index (χ1n) is 8.28. The van der Waals surface area contributed by atoms with E-state index in [1.54, 1.807) is 12.1 Å². The normalized spacial score (nSPS) is 12.7. The van der Waals surface area contributed by atoms with Crippen LogP contribution < -0.4 is 16.0 Å². The fraction of sp³-hybridized carbons (Fsp3) is 0.0952. The molecule has 124 valence electrons.